The maximum atomic E-state index is 11.3. The van der Waals surface area contributed by atoms with Gasteiger partial charge in [-0.2, -0.15) is 5.10 Å². The molecular weight excluding hydrogens is 228 g/mol. The van der Waals surface area contributed by atoms with Gasteiger partial charge in [0.25, 0.3) is 0 Å². The number of carbonyl (C=O) groups is 1. The lowest BCUT2D eigenvalue weighted by Gasteiger charge is -2.31. The van der Waals surface area contributed by atoms with Gasteiger partial charge in [-0.25, -0.2) is 9.50 Å². The summed E-state index contributed by atoms with van der Waals surface area (Å²) in [6, 6.07) is 2.36. The second-order valence-electron chi connectivity index (χ2n) is 4.79. The quantitative estimate of drug-likeness (QED) is 0.806. The van der Waals surface area contributed by atoms with Gasteiger partial charge >= 0.3 is 0 Å². The molecule has 2 aromatic heterocycles. The van der Waals surface area contributed by atoms with Crippen LogP contribution in [0, 0.1) is 0 Å². The Labute approximate surface area is 105 Å². The molecule has 5 nitrogen and oxygen atoms in total. The van der Waals surface area contributed by atoms with E-state index in [9.17, 15) is 4.79 Å². The van der Waals surface area contributed by atoms with Crippen LogP contribution in [0.3, 0.4) is 0 Å². The first-order chi connectivity index (χ1) is 8.75. The summed E-state index contributed by atoms with van der Waals surface area (Å²) >= 11 is 0. The van der Waals surface area contributed by atoms with E-state index in [1.54, 1.807) is 12.4 Å². The first-order valence-electron chi connectivity index (χ1n) is 6.28. The summed E-state index contributed by atoms with van der Waals surface area (Å²) in [5.74, 6) is 1.32. The molecule has 1 aliphatic rings. The van der Waals surface area contributed by atoms with Gasteiger partial charge in [0.2, 0.25) is 0 Å². The van der Waals surface area contributed by atoms with E-state index in [1.165, 1.54) is 0 Å². The van der Waals surface area contributed by atoms with E-state index in [4.69, 9.17) is 0 Å². The number of fused-ring (bicyclic) bond motifs is 1. The Bertz CT molecular complexity index is 567. The normalized spacial score (nSPS) is 17.3. The van der Waals surface area contributed by atoms with E-state index in [2.05, 4.69) is 22.0 Å². The largest absolute Gasteiger partial charge is 0.355 e. The van der Waals surface area contributed by atoms with Crippen molar-refractivity contribution in [2.75, 3.05) is 11.9 Å². The molecule has 0 atom stereocenters. The molecule has 2 aromatic rings. The zero-order valence-corrected chi connectivity index (χ0v) is 10.4. The zero-order valence-electron chi connectivity index (χ0n) is 10.4. The summed E-state index contributed by atoms with van der Waals surface area (Å²) in [6.45, 7) is 0. The predicted molar refractivity (Wildman–Crippen MR) is 68.7 cm³/mol. The summed E-state index contributed by atoms with van der Waals surface area (Å²) in [7, 11) is 2.05. The van der Waals surface area contributed by atoms with Crippen molar-refractivity contribution in [1.82, 2.24) is 14.6 Å². The van der Waals surface area contributed by atoms with Gasteiger partial charge in [-0.15, -0.1) is 0 Å². The van der Waals surface area contributed by atoms with Crippen molar-refractivity contribution in [3.63, 3.8) is 0 Å². The van der Waals surface area contributed by atoms with Crippen molar-refractivity contribution in [3.05, 3.63) is 24.7 Å². The van der Waals surface area contributed by atoms with Crippen molar-refractivity contribution >= 4 is 17.1 Å². The average molecular weight is 244 g/mol. The van der Waals surface area contributed by atoms with Crippen LogP contribution in [0.1, 0.15) is 25.7 Å². The van der Waals surface area contributed by atoms with Gasteiger partial charge in [0, 0.05) is 38.3 Å². The van der Waals surface area contributed by atoms with E-state index >= 15 is 0 Å². The van der Waals surface area contributed by atoms with Crippen LogP contribution in [-0.4, -0.2) is 33.5 Å². The van der Waals surface area contributed by atoms with Gasteiger partial charge < -0.3 is 4.90 Å². The molecule has 0 saturated heterocycles. The minimum atomic E-state index is 0.384. The van der Waals surface area contributed by atoms with E-state index in [-0.39, 0.29) is 0 Å². The highest BCUT2D eigenvalue weighted by Gasteiger charge is 2.24. The van der Waals surface area contributed by atoms with Crippen molar-refractivity contribution in [2.24, 2.45) is 0 Å². The number of anilines is 1. The van der Waals surface area contributed by atoms with E-state index in [0.29, 0.717) is 24.7 Å². The third-order valence-electron chi connectivity index (χ3n) is 3.70. The van der Waals surface area contributed by atoms with Crippen molar-refractivity contribution in [3.8, 4) is 0 Å². The van der Waals surface area contributed by atoms with Crippen molar-refractivity contribution < 1.29 is 4.79 Å². The lowest BCUT2D eigenvalue weighted by Crippen LogP contribution is -2.36. The zero-order chi connectivity index (χ0) is 12.5. The van der Waals surface area contributed by atoms with Gasteiger partial charge in [-0.3, -0.25) is 4.79 Å². The van der Waals surface area contributed by atoms with Crippen LogP contribution in [0.15, 0.2) is 24.7 Å². The molecule has 0 bridgehead atoms. The number of nitrogens with zero attached hydrogens (tertiary/aromatic N) is 4. The molecule has 0 unspecified atom stereocenters. The number of hydrogen-bond acceptors (Lipinski definition) is 4. The number of rotatable bonds is 2. The molecule has 0 radical (unpaired) electrons. The first-order valence-corrected chi connectivity index (χ1v) is 6.28. The molecule has 0 spiro atoms. The van der Waals surface area contributed by atoms with E-state index in [0.717, 1.165) is 24.2 Å². The maximum Gasteiger partial charge on any atom is 0.154 e. The highest BCUT2D eigenvalue weighted by Crippen LogP contribution is 2.25. The Hall–Kier alpha value is -1.91. The van der Waals surface area contributed by atoms with Crippen LogP contribution in [-0.2, 0) is 4.79 Å². The molecule has 1 aliphatic carbocycles. The van der Waals surface area contributed by atoms with E-state index < -0.39 is 0 Å². The monoisotopic (exact) mass is 244 g/mol. The predicted octanol–water partition coefficient (Wildman–Crippen LogP) is 1.68. The van der Waals surface area contributed by atoms with Gasteiger partial charge in [0.15, 0.2) is 5.82 Å². The molecule has 0 aliphatic heterocycles. The lowest BCUT2D eigenvalue weighted by molar-refractivity contribution is -0.120. The number of aromatic nitrogens is 3. The third kappa shape index (κ3) is 1.85. The topological polar surface area (TPSA) is 50.5 Å². The summed E-state index contributed by atoms with van der Waals surface area (Å²) in [5, 5.41) is 4.21. The molecular formula is C13H16N4O. The summed E-state index contributed by atoms with van der Waals surface area (Å²) < 4.78 is 1.83. The molecule has 5 heteroatoms. The molecule has 1 fully saturated rings. The highest BCUT2D eigenvalue weighted by molar-refractivity contribution is 5.79. The standard InChI is InChI=1S/C13H16N4O/c1-16(10-2-4-11(18)5-3-10)13-12-6-7-15-17(12)9-8-14-13/h6-10H,2-5H2,1H3. The van der Waals surface area contributed by atoms with Crippen molar-refractivity contribution in [1.29, 1.82) is 0 Å². The first kappa shape index (κ1) is 11.2. The molecule has 0 N–H and O–H groups in total. The molecule has 3 rings (SSSR count). The van der Waals surface area contributed by atoms with Gasteiger partial charge in [0.05, 0.1) is 6.20 Å². The highest BCUT2D eigenvalue weighted by atomic mass is 16.1. The van der Waals surface area contributed by atoms with Crippen LogP contribution in [0.25, 0.3) is 5.52 Å². The number of ketones is 1. The Morgan fingerprint density at radius 3 is 2.89 bits per heavy atom. The number of Topliss-reactive ketones (excluding diaryl/α,β-unsaturated/α-hetero) is 1. The molecule has 18 heavy (non-hydrogen) atoms. The van der Waals surface area contributed by atoms with E-state index in [1.807, 2.05) is 16.8 Å². The van der Waals surface area contributed by atoms with Crippen molar-refractivity contribution in [2.45, 2.75) is 31.7 Å². The minimum absolute atomic E-state index is 0.384. The fourth-order valence-corrected chi connectivity index (χ4v) is 2.60. The second-order valence-corrected chi connectivity index (χ2v) is 4.79. The molecule has 2 heterocycles. The van der Waals surface area contributed by atoms with Crippen LogP contribution in [0.4, 0.5) is 5.82 Å². The Morgan fingerprint density at radius 2 is 2.11 bits per heavy atom. The second kappa shape index (κ2) is 4.40. The minimum Gasteiger partial charge on any atom is -0.355 e. The number of hydrogen-bond donors (Lipinski definition) is 0. The van der Waals surface area contributed by atoms with Crippen LogP contribution >= 0.6 is 0 Å². The smallest absolute Gasteiger partial charge is 0.154 e. The fourth-order valence-electron chi connectivity index (χ4n) is 2.60. The van der Waals surface area contributed by atoms with Gasteiger partial charge in [-0.1, -0.05) is 0 Å². The Morgan fingerprint density at radius 1 is 1.33 bits per heavy atom. The van der Waals surface area contributed by atoms with Gasteiger partial charge in [0.1, 0.15) is 11.3 Å². The summed E-state index contributed by atoms with van der Waals surface area (Å²) in [4.78, 5) is 17.9. The van der Waals surface area contributed by atoms with Crippen LogP contribution in [0.5, 0.6) is 0 Å². The molecule has 0 aromatic carbocycles. The average Bonchev–Trinajstić information content (AvgIpc) is 2.87. The summed E-state index contributed by atoms with van der Waals surface area (Å²) in [6.07, 6.45) is 8.61. The fraction of sp³-hybridized carbons (Fsp3) is 0.462. The third-order valence-corrected chi connectivity index (χ3v) is 3.70. The number of carbonyl (C=O) groups excluding carboxylic acids is 1. The molecule has 0 amide bonds. The molecule has 94 valence electrons. The SMILES string of the molecule is CN(c1nccn2nccc12)C1CCC(=O)CC1. The maximum absolute atomic E-state index is 11.3. The Kier molecular flexibility index (Phi) is 2.74. The van der Waals surface area contributed by atoms with Gasteiger partial charge in [-0.05, 0) is 18.9 Å². The Balaban J connectivity index is 1.89. The summed E-state index contributed by atoms with van der Waals surface area (Å²) in [5.41, 5.74) is 1.01. The van der Waals surface area contributed by atoms with Crippen LogP contribution in [0.2, 0.25) is 0 Å². The lowest BCUT2D eigenvalue weighted by atomic mass is 9.93. The molecule has 1 saturated carbocycles. The van der Waals surface area contributed by atoms with Crippen LogP contribution < -0.4 is 4.90 Å².